The van der Waals surface area contributed by atoms with Crippen LogP contribution in [0, 0.1) is 0 Å². The Morgan fingerprint density at radius 1 is 1.27 bits per heavy atom. The van der Waals surface area contributed by atoms with Gasteiger partial charge in [-0.1, -0.05) is 11.6 Å². The number of rotatable bonds is 0. The topological polar surface area (TPSA) is 52.5 Å². The highest BCUT2D eigenvalue weighted by Gasteiger charge is 2.12. The Balaban J connectivity index is 2.54. The van der Waals surface area contributed by atoms with E-state index < -0.39 is 0 Å². The summed E-state index contributed by atoms with van der Waals surface area (Å²) in [5.41, 5.74) is 6.90. The second kappa shape index (κ2) is 2.13. The van der Waals surface area contributed by atoms with Gasteiger partial charge in [-0.2, -0.15) is 0 Å². The van der Waals surface area contributed by atoms with Crippen molar-refractivity contribution >= 4 is 28.9 Å². The van der Waals surface area contributed by atoms with Gasteiger partial charge in [0.2, 0.25) is 5.96 Å². The van der Waals surface area contributed by atoms with E-state index in [9.17, 15) is 0 Å². The number of hydrogen-bond acceptors (Lipinski definition) is 2. The molecule has 0 saturated carbocycles. The minimum absolute atomic E-state index is 0.294. The highest BCUT2D eigenvalue weighted by molar-refractivity contribution is 6.31. The second-order valence-electron chi connectivity index (χ2n) is 2.21. The molecule has 2 N–H and O–H groups in total. The zero-order valence-corrected chi connectivity index (χ0v) is 6.34. The van der Waals surface area contributed by atoms with Gasteiger partial charge in [0.1, 0.15) is 0 Å². The normalized spacial score (nSPS) is 13.7. The number of nitrogens with zero attached hydrogens (tertiary/aromatic N) is 2. The van der Waals surface area contributed by atoms with Gasteiger partial charge in [-0.05, 0) is 18.2 Å². The van der Waals surface area contributed by atoms with E-state index in [2.05, 4.69) is 10.3 Å². The summed E-state index contributed by atoms with van der Waals surface area (Å²) in [6.07, 6.45) is 0. The molecule has 1 heterocycles. The van der Waals surface area contributed by atoms with Crippen LogP contribution in [-0.4, -0.2) is 5.96 Å². The fourth-order valence-electron chi connectivity index (χ4n) is 0.953. The smallest absolute Gasteiger partial charge is 0.221 e. The van der Waals surface area contributed by atoms with E-state index in [-0.39, 0.29) is 0 Å². The maximum Gasteiger partial charge on any atom is 0.221 e. The molecule has 0 bridgehead atoms. The summed E-state index contributed by atoms with van der Waals surface area (Å²) in [5, 5.41) is 4.61. The predicted octanol–water partition coefficient (Wildman–Crippen LogP) is 1.54. The van der Waals surface area contributed by atoms with Crippen molar-refractivity contribution in [2.24, 2.45) is 10.7 Å². The van der Waals surface area contributed by atoms with E-state index in [0.717, 1.165) is 11.4 Å². The van der Waals surface area contributed by atoms with Crippen molar-refractivity contribution in [1.29, 1.82) is 0 Å². The summed E-state index contributed by atoms with van der Waals surface area (Å²) in [5.74, 6) is 0.294. The fourth-order valence-corrected chi connectivity index (χ4v) is 1.12. The molecule has 1 aliphatic heterocycles. The molecule has 2 rings (SSSR count). The number of benzene rings is 1. The molecule has 4 heteroatoms. The zero-order chi connectivity index (χ0) is 7.84. The van der Waals surface area contributed by atoms with Crippen molar-refractivity contribution in [2.45, 2.75) is 0 Å². The van der Waals surface area contributed by atoms with Gasteiger partial charge in [0.05, 0.1) is 11.4 Å². The Kier molecular flexibility index (Phi) is 1.26. The molecular weight excluding hydrogens is 162 g/mol. The Morgan fingerprint density at radius 2 is 2.09 bits per heavy atom. The molecule has 1 aromatic carbocycles. The molecule has 0 unspecified atom stereocenters. The number of aliphatic imine (C=N–C) groups is 1. The summed E-state index contributed by atoms with van der Waals surface area (Å²) in [7, 11) is 0. The van der Waals surface area contributed by atoms with Crippen molar-refractivity contribution in [3.8, 4) is 0 Å². The fraction of sp³-hybridized carbons (Fsp3) is 0. The molecular formula is C7H5ClN3. The molecule has 0 atom stereocenters. The highest BCUT2D eigenvalue weighted by atomic mass is 35.5. The third-order valence-corrected chi connectivity index (χ3v) is 1.64. The van der Waals surface area contributed by atoms with Crippen LogP contribution in [0.15, 0.2) is 23.2 Å². The summed E-state index contributed by atoms with van der Waals surface area (Å²) < 4.78 is 0. The molecule has 0 amide bonds. The molecule has 1 aliphatic rings. The van der Waals surface area contributed by atoms with Gasteiger partial charge in [0.25, 0.3) is 0 Å². The zero-order valence-electron chi connectivity index (χ0n) is 5.58. The first-order valence-corrected chi connectivity index (χ1v) is 3.49. The number of guanidine groups is 1. The molecule has 11 heavy (non-hydrogen) atoms. The highest BCUT2D eigenvalue weighted by Crippen LogP contribution is 2.31. The van der Waals surface area contributed by atoms with Crippen LogP contribution >= 0.6 is 11.6 Å². The molecule has 55 valence electrons. The van der Waals surface area contributed by atoms with Gasteiger partial charge in [-0.25, -0.2) is 10.3 Å². The Hall–Kier alpha value is -1.22. The van der Waals surface area contributed by atoms with Crippen LogP contribution in [0.2, 0.25) is 5.02 Å². The summed E-state index contributed by atoms with van der Waals surface area (Å²) in [6, 6.07) is 5.29. The lowest BCUT2D eigenvalue weighted by Gasteiger charge is -1.94. The number of nitrogens with two attached hydrogens (primary N) is 1. The SMILES string of the molecule is NC1=Nc2cc(Cl)ccc2[N]1. The predicted molar refractivity (Wildman–Crippen MR) is 44.5 cm³/mol. The van der Waals surface area contributed by atoms with Crippen molar-refractivity contribution < 1.29 is 0 Å². The monoisotopic (exact) mass is 166 g/mol. The van der Waals surface area contributed by atoms with E-state index in [1.807, 2.05) is 0 Å². The average molecular weight is 167 g/mol. The summed E-state index contributed by atoms with van der Waals surface area (Å²) >= 11 is 5.72. The van der Waals surface area contributed by atoms with Crippen LogP contribution in [0.25, 0.3) is 0 Å². The molecule has 0 saturated heterocycles. The lowest BCUT2D eigenvalue weighted by Crippen LogP contribution is -2.16. The molecule has 0 spiro atoms. The van der Waals surface area contributed by atoms with Crippen LogP contribution in [0.5, 0.6) is 0 Å². The minimum Gasteiger partial charge on any atom is -0.368 e. The van der Waals surface area contributed by atoms with Gasteiger partial charge < -0.3 is 5.73 Å². The van der Waals surface area contributed by atoms with E-state index in [0.29, 0.717) is 11.0 Å². The Labute approximate surface area is 68.9 Å². The van der Waals surface area contributed by atoms with Crippen LogP contribution in [-0.2, 0) is 0 Å². The molecule has 0 aliphatic carbocycles. The van der Waals surface area contributed by atoms with Crippen LogP contribution in [0.4, 0.5) is 11.4 Å². The number of hydrogen-bond donors (Lipinski definition) is 1. The van der Waals surface area contributed by atoms with Crippen molar-refractivity contribution in [3.63, 3.8) is 0 Å². The first-order valence-electron chi connectivity index (χ1n) is 3.11. The number of fused-ring (bicyclic) bond motifs is 1. The van der Waals surface area contributed by atoms with E-state index in [1.165, 1.54) is 0 Å². The van der Waals surface area contributed by atoms with Crippen LogP contribution in [0.1, 0.15) is 0 Å². The second-order valence-corrected chi connectivity index (χ2v) is 2.65. The first kappa shape index (κ1) is 6.49. The Bertz CT molecular complexity index is 332. The number of halogens is 1. The summed E-state index contributed by atoms with van der Waals surface area (Å²) in [4.78, 5) is 3.96. The quantitative estimate of drug-likeness (QED) is 0.625. The maximum absolute atomic E-state index is 5.72. The van der Waals surface area contributed by atoms with Crippen molar-refractivity contribution in [2.75, 3.05) is 0 Å². The lowest BCUT2D eigenvalue weighted by atomic mass is 10.3. The molecule has 0 aromatic heterocycles. The van der Waals surface area contributed by atoms with Gasteiger partial charge in [0, 0.05) is 5.02 Å². The van der Waals surface area contributed by atoms with Gasteiger partial charge >= 0.3 is 0 Å². The minimum atomic E-state index is 0.294. The molecule has 1 radical (unpaired) electrons. The first-order chi connectivity index (χ1) is 5.25. The third-order valence-electron chi connectivity index (χ3n) is 1.41. The third kappa shape index (κ3) is 1.03. The molecule has 0 fully saturated rings. The largest absolute Gasteiger partial charge is 0.368 e. The van der Waals surface area contributed by atoms with E-state index in [1.54, 1.807) is 18.2 Å². The van der Waals surface area contributed by atoms with Gasteiger partial charge in [0.15, 0.2) is 0 Å². The van der Waals surface area contributed by atoms with Crippen LogP contribution < -0.4 is 11.1 Å². The van der Waals surface area contributed by atoms with E-state index >= 15 is 0 Å². The maximum atomic E-state index is 5.72. The van der Waals surface area contributed by atoms with Gasteiger partial charge in [-0.3, -0.25) is 0 Å². The van der Waals surface area contributed by atoms with Gasteiger partial charge in [-0.15, -0.1) is 0 Å². The van der Waals surface area contributed by atoms with Crippen LogP contribution in [0.3, 0.4) is 0 Å². The lowest BCUT2D eigenvalue weighted by molar-refractivity contribution is 1.27. The molecule has 3 nitrogen and oxygen atoms in total. The standard InChI is InChI=1S/C7H5ClN3/c8-4-1-2-5-6(3-4)11-7(9)10-5/h1-3H,(H2,9,11). The summed E-state index contributed by atoms with van der Waals surface area (Å²) in [6.45, 7) is 0. The average Bonchev–Trinajstić information content (AvgIpc) is 2.27. The Morgan fingerprint density at radius 3 is 2.91 bits per heavy atom. The van der Waals surface area contributed by atoms with Crippen molar-refractivity contribution in [3.05, 3.63) is 23.2 Å². The van der Waals surface area contributed by atoms with E-state index in [4.69, 9.17) is 17.3 Å². The molecule has 1 aromatic rings. The van der Waals surface area contributed by atoms with Crippen molar-refractivity contribution in [1.82, 2.24) is 5.32 Å².